The molecular weight excluding hydrogens is 439 g/mol. The van der Waals surface area contributed by atoms with E-state index in [9.17, 15) is 18.0 Å². The Kier molecular flexibility index (Phi) is 10.1. The van der Waals surface area contributed by atoms with E-state index in [1.165, 1.54) is 6.08 Å². The Labute approximate surface area is 180 Å². The number of aliphatic carboxylic acids is 1. The van der Waals surface area contributed by atoms with Crippen LogP contribution in [-0.2, 0) is 9.59 Å². The van der Waals surface area contributed by atoms with Gasteiger partial charge in [-0.15, -0.1) is 0 Å². The third-order valence-corrected chi connectivity index (χ3v) is 3.61. The van der Waals surface area contributed by atoms with Gasteiger partial charge in [0.05, 0.1) is 6.54 Å². The van der Waals surface area contributed by atoms with Crippen LogP contribution in [0.25, 0.3) is 6.08 Å². The van der Waals surface area contributed by atoms with Crippen molar-refractivity contribution in [1.29, 1.82) is 5.41 Å². The molecule has 0 aliphatic carbocycles. The van der Waals surface area contributed by atoms with Gasteiger partial charge in [-0.25, -0.2) is 4.79 Å². The Morgan fingerprint density at radius 2 is 1.81 bits per heavy atom. The number of hydrogen-bond acceptors (Lipinski definition) is 4. The van der Waals surface area contributed by atoms with E-state index in [4.69, 9.17) is 37.4 Å². The van der Waals surface area contributed by atoms with Crippen LogP contribution in [0.15, 0.2) is 54.6 Å². The molecule has 0 aliphatic rings. The van der Waals surface area contributed by atoms with Crippen molar-refractivity contribution < 1.29 is 32.6 Å². The first-order valence-corrected chi connectivity index (χ1v) is 8.95. The largest absolute Gasteiger partial charge is 0.492 e. The number of ether oxygens (including phenoxy) is 1. The van der Waals surface area contributed by atoms with Crippen molar-refractivity contribution in [2.75, 3.05) is 13.2 Å². The lowest BCUT2D eigenvalue weighted by molar-refractivity contribution is -0.192. The molecule has 1 amide bonds. The average Bonchev–Trinajstić information content (AvgIpc) is 2.71. The van der Waals surface area contributed by atoms with Gasteiger partial charge in [0.2, 0.25) is 5.91 Å². The molecule has 2 aromatic rings. The summed E-state index contributed by atoms with van der Waals surface area (Å²) in [6.45, 7) is 0.690. The fourth-order valence-electron chi connectivity index (χ4n) is 1.90. The van der Waals surface area contributed by atoms with E-state index in [2.05, 4.69) is 5.32 Å². The fourth-order valence-corrected chi connectivity index (χ4v) is 2.03. The maximum absolute atomic E-state index is 11.7. The molecule has 0 heterocycles. The first-order valence-electron chi connectivity index (χ1n) is 8.58. The Hall–Kier alpha value is -3.53. The number of hydrogen-bond donors (Lipinski definition) is 4. The predicted octanol–water partition coefficient (Wildman–Crippen LogP) is 3.47. The van der Waals surface area contributed by atoms with Gasteiger partial charge < -0.3 is 20.9 Å². The molecule has 0 fully saturated rings. The van der Waals surface area contributed by atoms with Gasteiger partial charge in [0, 0.05) is 16.7 Å². The van der Waals surface area contributed by atoms with Gasteiger partial charge in [-0.3, -0.25) is 10.2 Å². The van der Waals surface area contributed by atoms with Crippen molar-refractivity contribution in [1.82, 2.24) is 5.32 Å². The number of carbonyl (C=O) groups excluding carboxylic acids is 1. The Morgan fingerprint density at radius 1 is 1.19 bits per heavy atom. The molecule has 31 heavy (non-hydrogen) atoms. The number of carboxylic acid groups (broad SMARTS) is 1. The lowest BCUT2D eigenvalue weighted by atomic mass is 10.2. The summed E-state index contributed by atoms with van der Waals surface area (Å²) in [6.07, 6.45) is -1.91. The quantitative estimate of drug-likeness (QED) is 0.219. The smallest absolute Gasteiger partial charge is 0.490 e. The molecule has 0 atom stereocenters. The SMILES string of the molecule is N=C(N)c1cccc(OCCNC(=O)/C=C\c2ccc(Cl)cc2)c1.O=C(O)C(F)(F)F. The summed E-state index contributed by atoms with van der Waals surface area (Å²) >= 11 is 5.80. The second kappa shape index (κ2) is 12.2. The summed E-state index contributed by atoms with van der Waals surface area (Å²) in [5.41, 5.74) is 6.92. The third kappa shape index (κ3) is 10.7. The lowest BCUT2D eigenvalue weighted by Gasteiger charge is -2.08. The van der Waals surface area contributed by atoms with Crippen LogP contribution in [0.1, 0.15) is 11.1 Å². The maximum atomic E-state index is 11.7. The number of amides is 1. The first-order chi connectivity index (χ1) is 14.5. The number of carboxylic acids is 1. The minimum atomic E-state index is -5.08. The van der Waals surface area contributed by atoms with E-state index in [-0.39, 0.29) is 11.7 Å². The highest BCUT2D eigenvalue weighted by atomic mass is 35.5. The molecule has 0 saturated carbocycles. The zero-order chi connectivity index (χ0) is 23.4. The van der Waals surface area contributed by atoms with Crippen molar-refractivity contribution in [3.63, 3.8) is 0 Å². The van der Waals surface area contributed by atoms with Crippen LogP contribution in [0.5, 0.6) is 5.75 Å². The van der Waals surface area contributed by atoms with Gasteiger partial charge in [-0.1, -0.05) is 35.9 Å². The van der Waals surface area contributed by atoms with Gasteiger partial charge in [0.15, 0.2) is 0 Å². The molecule has 0 bridgehead atoms. The molecule has 11 heteroatoms. The number of nitrogen functional groups attached to an aromatic ring is 1. The minimum Gasteiger partial charge on any atom is -0.492 e. The molecule has 0 aromatic heterocycles. The molecule has 0 aliphatic heterocycles. The molecule has 7 nitrogen and oxygen atoms in total. The highest BCUT2D eigenvalue weighted by Crippen LogP contribution is 2.13. The highest BCUT2D eigenvalue weighted by Gasteiger charge is 2.38. The predicted molar refractivity (Wildman–Crippen MR) is 110 cm³/mol. The first kappa shape index (κ1) is 25.5. The summed E-state index contributed by atoms with van der Waals surface area (Å²) in [7, 11) is 0. The summed E-state index contributed by atoms with van der Waals surface area (Å²) in [4.78, 5) is 20.6. The Balaban J connectivity index is 0.000000592. The van der Waals surface area contributed by atoms with Gasteiger partial charge in [0.25, 0.3) is 0 Å². The van der Waals surface area contributed by atoms with E-state index in [0.717, 1.165) is 5.56 Å². The fraction of sp³-hybridized carbons (Fsp3) is 0.150. The van der Waals surface area contributed by atoms with E-state index in [0.29, 0.717) is 29.5 Å². The van der Waals surface area contributed by atoms with Crippen LogP contribution in [-0.4, -0.2) is 42.1 Å². The molecule has 2 rings (SSSR count). The zero-order valence-corrected chi connectivity index (χ0v) is 16.7. The normalized spacial score (nSPS) is 10.7. The van der Waals surface area contributed by atoms with E-state index in [1.54, 1.807) is 42.5 Å². The van der Waals surface area contributed by atoms with Crippen LogP contribution < -0.4 is 15.8 Å². The molecule has 0 saturated heterocycles. The number of benzene rings is 2. The Bertz CT molecular complexity index is 932. The second-order valence-electron chi connectivity index (χ2n) is 5.77. The summed E-state index contributed by atoms with van der Waals surface area (Å²) in [5, 5.41) is 17.9. The van der Waals surface area contributed by atoms with Gasteiger partial charge in [-0.2, -0.15) is 13.2 Å². The van der Waals surface area contributed by atoms with Crippen molar-refractivity contribution in [2.24, 2.45) is 5.73 Å². The standard InChI is InChI=1S/C18H18ClN3O2.C2HF3O2/c19-15-7-4-13(5-8-15)6-9-17(23)22-10-11-24-16-3-1-2-14(12-16)18(20)21;3-2(4,5)1(6)7/h1-9,12H,10-11H2,(H3,20,21)(H,22,23);(H,6,7)/b9-6-;. The summed E-state index contributed by atoms with van der Waals surface area (Å²) in [5.74, 6) is -2.37. The number of halogens is 4. The number of nitrogens with two attached hydrogens (primary N) is 1. The van der Waals surface area contributed by atoms with Crippen LogP contribution >= 0.6 is 11.6 Å². The summed E-state index contributed by atoms with van der Waals surface area (Å²) in [6, 6.07) is 14.1. The summed E-state index contributed by atoms with van der Waals surface area (Å²) < 4.78 is 37.3. The van der Waals surface area contributed by atoms with Gasteiger partial charge >= 0.3 is 12.1 Å². The van der Waals surface area contributed by atoms with Gasteiger partial charge in [0.1, 0.15) is 18.2 Å². The van der Waals surface area contributed by atoms with Gasteiger partial charge in [-0.05, 0) is 35.9 Å². The monoisotopic (exact) mass is 457 g/mol. The van der Waals surface area contributed by atoms with Crippen LogP contribution in [0.3, 0.4) is 0 Å². The topological polar surface area (TPSA) is 126 Å². The third-order valence-electron chi connectivity index (χ3n) is 3.35. The molecule has 166 valence electrons. The number of alkyl halides is 3. The highest BCUT2D eigenvalue weighted by molar-refractivity contribution is 6.30. The molecular formula is C20H19ClF3N3O4. The molecule has 2 aromatic carbocycles. The molecule has 5 N–H and O–H groups in total. The number of carbonyl (C=O) groups is 2. The number of rotatable bonds is 7. The van der Waals surface area contributed by atoms with Crippen molar-refractivity contribution in [3.8, 4) is 5.75 Å². The average molecular weight is 458 g/mol. The zero-order valence-electron chi connectivity index (χ0n) is 15.9. The Morgan fingerprint density at radius 3 is 2.35 bits per heavy atom. The van der Waals surface area contributed by atoms with Crippen LogP contribution in [0.4, 0.5) is 13.2 Å². The molecule has 0 unspecified atom stereocenters. The number of nitrogens with one attached hydrogen (secondary N) is 2. The van der Waals surface area contributed by atoms with E-state index in [1.807, 2.05) is 12.1 Å². The van der Waals surface area contributed by atoms with Crippen molar-refractivity contribution in [2.45, 2.75) is 6.18 Å². The number of amidine groups is 1. The van der Waals surface area contributed by atoms with Crippen LogP contribution in [0, 0.1) is 5.41 Å². The molecule has 0 radical (unpaired) electrons. The molecule has 0 spiro atoms. The van der Waals surface area contributed by atoms with Crippen molar-refractivity contribution >= 4 is 35.4 Å². The van der Waals surface area contributed by atoms with E-state index >= 15 is 0 Å². The second-order valence-corrected chi connectivity index (χ2v) is 6.21. The maximum Gasteiger partial charge on any atom is 0.490 e. The van der Waals surface area contributed by atoms with E-state index < -0.39 is 12.1 Å². The van der Waals surface area contributed by atoms with Crippen molar-refractivity contribution in [3.05, 3.63) is 70.8 Å². The lowest BCUT2D eigenvalue weighted by Crippen LogP contribution is -2.26. The van der Waals surface area contributed by atoms with Crippen LogP contribution in [0.2, 0.25) is 5.02 Å². The minimum absolute atomic E-state index is 0.0129.